The predicted molar refractivity (Wildman–Crippen MR) is 99.7 cm³/mol. The van der Waals surface area contributed by atoms with Crippen LogP contribution in [0.1, 0.15) is 17.5 Å². The molecule has 3 N–H and O–H groups in total. The Bertz CT molecular complexity index is 705. The molecule has 2 atom stereocenters. The maximum Gasteiger partial charge on any atom is 0.171 e. The number of rotatable bonds is 4. The highest BCUT2D eigenvalue weighted by molar-refractivity contribution is 7.80. The van der Waals surface area contributed by atoms with Crippen molar-refractivity contribution in [2.45, 2.75) is 25.9 Å². The van der Waals surface area contributed by atoms with Crippen molar-refractivity contribution in [2.24, 2.45) is 0 Å². The first-order valence-corrected chi connectivity index (χ1v) is 8.72. The van der Waals surface area contributed by atoms with E-state index in [-0.39, 0.29) is 5.82 Å². The summed E-state index contributed by atoms with van der Waals surface area (Å²) in [5, 5.41) is 6.99. The second kappa shape index (κ2) is 7.73. The molecule has 3 rings (SSSR count). The molecule has 1 fully saturated rings. The lowest BCUT2D eigenvalue weighted by molar-refractivity contribution is -0.901. The third-order valence-electron chi connectivity index (χ3n) is 4.44. The Kier molecular flexibility index (Phi) is 5.43. The van der Waals surface area contributed by atoms with Crippen molar-refractivity contribution in [3.8, 4) is 0 Å². The van der Waals surface area contributed by atoms with Crippen LogP contribution in [0.4, 0.5) is 10.1 Å². The van der Waals surface area contributed by atoms with Gasteiger partial charge in [0.15, 0.2) is 5.11 Å². The smallest absolute Gasteiger partial charge is 0.171 e. The van der Waals surface area contributed by atoms with Crippen LogP contribution in [0.3, 0.4) is 0 Å². The molecule has 1 heterocycles. The number of hydrogen-bond donors (Lipinski definition) is 3. The number of nitrogens with one attached hydrogen (secondary N) is 3. The number of benzene rings is 2. The summed E-state index contributed by atoms with van der Waals surface area (Å²) in [5.74, 6) is -0.220. The first kappa shape index (κ1) is 16.9. The summed E-state index contributed by atoms with van der Waals surface area (Å²) >= 11 is 5.36. The number of likely N-dealkylation sites (tertiary alicyclic amines) is 1. The molecular formula is C19H23FN3S+. The first-order valence-electron chi connectivity index (χ1n) is 8.31. The minimum absolute atomic E-state index is 0.220. The van der Waals surface area contributed by atoms with E-state index in [1.807, 2.05) is 12.1 Å². The van der Waals surface area contributed by atoms with Gasteiger partial charge < -0.3 is 15.5 Å². The highest BCUT2D eigenvalue weighted by Crippen LogP contribution is 2.13. The van der Waals surface area contributed by atoms with Gasteiger partial charge in [0, 0.05) is 17.7 Å². The van der Waals surface area contributed by atoms with E-state index in [0.717, 1.165) is 26.1 Å². The topological polar surface area (TPSA) is 28.5 Å². The molecule has 0 spiro atoms. The summed E-state index contributed by atoms with van der Waals surface area (Å²) < 4.78 is 13.6. The monoisotopic (exact) mass is 344 g/mol. The van der Waals surface area contributed by atoms with Crippen molar-refractivity contribution >= 4 is 23.0 Å². The van der Waals surface area contributed by atoms with Crippen molar-refractivity contribution in [3.63, 3.8) is 0 Å². The number of aryl methyl sites for hydroxylation is 1. The Hall–Kier alpha value is -1.98. The van der Waals surface area contributed by atoms with E-state index >= 15 is 0 Å². The highest BCUT2D eigenvalue weighted by atomic mass is 32.1. The Labute approximate surface area is 147 Å². The second-order valence-corrected chi connectivity index (χ2v) is 6.82. The van der Waals surface area contributed by atoms with E-state index in [1.54, 1.807) is 17.9 Å². The van der Waals surface area contributed by atoms with Crippen molar-refractivity contribution in [2.75, 3.05) is 18.4 Å². The average molecular weight is 344 g/mol. The molecule has 2 aromatic carbocycles. The van der Waals surface area contributed by atoms with Gasteiger partial charge >= 0.3 is 0 Å². The van der Waals surface area contributed by atoms with E-state index in [9.17, 15) is 4.39 Å². The fraction of sp³-hybridized carbons (Fsp3) is 0.316. The largest absolute Gasteiger partial charge is 0.354 e. The van der Waals surface area contributed by atoms with Gasteiger partial charge in [-0.2, -0.15) is 0 Å². The quantitative estimate of drug-likeness (QED) is 0.743. The highest BCUT2D eigenvalue weighted by Gasteiger charge is 2.26. The van der Waals surface area contributed by atoms with Crippen LogP contribution in [0.5, 0.6) is 0 Å². The van der Waals surface area contributed by atoms with Crippen LogP contribution in [-0.4, -0.2) is 24.2 Å². The Morgan fingerprint density at radius 2 is 2.04 bits per heavy atom. The van der Waals surface area contributed by atoms with Crippen LogP contribution in [0.15, 0.2) is 48.5 Å². The summed E-state index contributed by atoms with van der Waals surface area (Å²) in [4.78, 5) is 1.56. The second-order valence-electron chi connectivity index (χ2n) is 6.41. The summed E-state index contributed by atoms with van der Waals surface area (Å²) in [6.07, 6.45) is 1.09. The summed E-state index contributed by atoms with van der Waals surface area (Å²) in [6, 6.07) is 16.0. The minimum Gasteiger partial charge on any atom is -0.354 e. The van der Waals surface area contributed by atoms with Crippen LogP contribution >= 0.6 is 12.2 Å². The molecule has 0 aromatic heterocycles. The van der Waals surface area contributed by atoms with Crippen LogP contribution in [0, 0.1) is 12.7 Å². The van der Waals surface area contributed by atoms with Crippen molar-refractivity contribution in [3.05, 3.63) is 65.5 Å². The van der Waals surface area contributed by atoms with Crippen LogP contribution < -0.4 is 15.5 Å². The fourth-order valence-corrected chi connectivity index (χ4v) is 3.41. The third-order valence-corrected chi connectivity index (χ3v) is 4.66. The summed E-state index contributed by atoms with van der Waals surface area (Å²) in [5.41, 5.74) is 2.68. The van der Waals surface area contributed by atoms with E-state index in [4.69, 9.17) is 12.2 Å². The van der Waals surface area contributed by atoms with Gasteiger partial charge in [-0.3, -0.25) is 0 Å². The maximum atomic E-state index is 13.6. The number of thiocarbonyl (C=S) groups is 1. The van der Waals surface area contributed by atoms with Crippen LogP contribution in [-0.2, 0) is 6.54 Å². The van der Waals surface area contributed by atoms with Gasteiger partial charge in [-0.1, -0.05) is 36.4 Å². The van der Waals surface area contributed by atoms with Crippen molar-refractivity contribution < 1.29 is 9.29 Å². The van der Waals surface area contributed by atoms with Gasteiger partial charge in [-0.25, -0.2) is 4.39 Å². The first-order chi connectivity index (χ1) is 11.6. The molecule has 0 bridgehead atoms. The zero-order valence-corrected chi connectivity index (χ0v) is 14.6. The lowest BCUT2D eigenvalue weighted by atomic mass is 10.2. The van der Waals surface area contributed by atoms with E-state index in [1.165, 1.54) is 11.6 Å². The summed E-state index contributed by atoms with van der Waals surface area (Å²) in [6.45, 7) is 4.97. The zero-order valence-electron chi connectivity index (χ0n) is 13.8. The Balaban J connectivity index is 1.48. The van der Waals surface area contributed by atoms with Crippen LogP contribution in [0.25, 0.3) is 0 Å². The average Bonchev–Trinajstić information content (AvgIpc) is 2.99. The van der Waals surface area contributed by atoms with E-state index in [0.29, 0.717) is 22.4 Å². The van der Waals surface area contributed by atoms with Gasteiger partial charge in [-0.05, 0) is 36.8 Å². The standard InChI is InChI=1S/C19H22FN3S/c1-14-7-8-16(11-18(14)20)21-19(24)22-17-9-10-23(13-17)12-15-5-3-2-4-6-15/h2-8,11,17H,9-10,12-13H2,1H3,(H2,21,22,24)/p+1/t17-/m1/s1. The predicted octanol–water partition coefficient (Wildman–Crippen LogP) is 2.28. The molecule has 1 aliphatic rings. The molecule has 0 radical (unpaired) electrons. The molecule has 1 saturated heterocycles. The minimum atomic E-state index is -0.220. The van der Waals surface area contributed by atoms with E-state index < -0.39 is 0 Å². The SMILES string of the molecule is Cc1ccc(NC(=S)N[C@@H]2CC[NH+](Cc3ccccc3)C2)cc1F. The normalized spacial score (nSPS) is 19.9. The van der Waals surface area contributed by atoms with Gasteiger partial charge in [-0.15, -0.1) is 0 Å². The molecule has 0 amide bonds. The molecule has 2 aromatic rings. The zero-order chi connectivity index (χ0) is 16.9. The van der Waals surface area contributed by atoms with Gasteiger partial charge in [0.2, 0.25) is 0 Å². The molecule has 126 valence electrons. The Morgan fingerprint density at radius 3 is 2.79 bits per heavy atom. The number of hydrogen-bond acceptors (Lipinski definition) is 1. The van der Waals surface area contributed by atoms with E-state index in [2.05, 4.69) is 34.9 Å². The maximum absolute atomic E-state index is 13.6. The molecule has 5 heteroatoms. The number of halogens is 1. The molecule has 0 saturated carbocycles. The number of anilines is 1. The van der Waals surface area contributed by atoms with Gasteiger partial charge in [0.05, 0.1) is 19.1 Å². The molecule has 24 heavy (non-hydrogen) atoms. The third kappa shape index (κ3) is 4.52. The molecular weight excluding hydrogens is 321 g/mol. The van der Waals surface area contributed by atoms with Crippen molar-refractivity contribution in [1.29, 1.82) is 0 Å². The number of quaternary nitrogens is 1. The van der Waals surface area contributed by atoms with Gasteiger partial charge in [0.25, 0.3) is 0 Å². The van der Waals surface area contributed by atoms with Crippen molar-refractivity contribution in [1.82, 2.24) is 5.32 Å². The Morgan fingerprint density at radius 1 is 1.25 bits per heavy atom. The van der Waals surface area contributed by atoms with Gasteiger partial charge in [0.1, 0.15) is 12.4 Å². The molecule has 1 aliphatic heterocycles. The molecule has 1 unspecified atom stereocenters. The van der Waals surface area contributed by atoms with Crippen LogP contribution in [0.2, 0.25) is 0 Å². The summed E-state index contributed by atoms with van der Waals surface area (Å²) in [7, 11) is 0. The fourth-order valence-electron chi connectivity index (χ4n) is 3.12. The lowest BCUT2D eigenvalue weighted by Gasteiger charge is -2.16. The lowest BCUT2D eigenvalue weighted by Crippen LogP contribution is -3.09. The molecule has 0 aliphatic carbocycles. The molecule has 3 nitrogen and oxygen atoms in total.